The predicted molar refractivity (Wildman–Crippen MR) is 59.2 cm³/mol. The zero-order valence-corrected chi connectivity index (χ0v) is 9.11. The maximum Gasteiger partial charge on any atom is 0.173 e. The quantitative estimate of drug-likeness (QED) is 0.359. The summed E-state index contributed by atoms with van der Waals surface area (Å²) in [6.07, 6.45) is -0.603. The number of hydrogen-bond donors (Lipinski definition) is 2. The van der Waals surface area contributed by atoms with Crippen LogP contribution in [-0.4, -0.2) is 17.6 Å². The summed E-state index contributed by atoms with van der Waals surface area (Å²) in [7, 11) is 0. The molecule has 0 saturated heterocycles. The summed E-state index contributed by atoms with van der Waals surface area (Å²) in [5, 5.41) is 12.1. The molecule has 5 heteroatoms. The Morgan fingerprint density at radius 3 is 2.80 bits per heavy atom. The van der Waals surface area contributed by atoms with Crippen molar-refractivity contribution in [3.63, 3.8) is 0 Å². The molecule has 0 saturated carbocycles. The molecule has 0 heterocycles. The molecule has 1 rings (SSSR count). The number of amidine groups is 1. The molecule has 4 nitrogen and oxygen atoms in total. The van der Waals surface area contributed by atoms with Gasteiger partial charge < -0.3 is 15.7 Å². The Morgan fingerprint density at radius 2 is 2.27 bits per heavy atom. The normalized spacial score (nSPS) is 13.9. The third-order valence-corrected chi connectivity index (χ3v) is 2.25. The highest BCUT2D eigenvalue weighted by molar-refractivity contribution is 6.31. The van der Waals surface area contributed by atoms with Crippen LogP contribution in [0.2, 0.25) is 5.02 Å². The van der Waals surface area contributed by atoms with Crippen molar-refractivity contribution in [3.05, 3.63) is 34.9 Å². The van der Waals surface area contributed by atoms with Crippen LogP contribution in [0.4, 0.5) is 0 Å². The first-order valence-electron chi connectivity index (χ1n) is 4.54. The van der Waals surface area contributed by atoms with Crippen LogP contribution in [0.3, 0.4) is 0 Å². The van der Waals surface area contributed by atoms with Crippen LogP contribution in [0.1, 0.15) is 18.6 Å². The zero-order chi connectivity index (χ0) is 11.3. The summed E-state index contributed by atoms with van der Waals surface area (Å²) in [6, 6.07) is 7.13. The van der Waals surface area contributed by atoms with Crippen molar-refractivity contribution in [1.82, 2.24) is 0 Å². The highest BCUT2D eigenvalue weighted by Crippen LogP contribution is 2.25. The van der Waals surface area contributed by atoms with Gasteiger partial charge >= 0.3 is 0 Å². The molecule has 0 bridgehead atoms. The first-order valence-corrected chi connectivity index (χ1v) is 4.92. The molecule has 1 aromatic rings. The minimum atomic E-state index is -0.603. The third kappa shape index (κ3) is 2.84. The van der Waals surface area contributed by atoms with Crippen LogP contribution >= 0.6 is 11.6 Å². The summed E-state index contributed by atoms with van der Waals surface area (Å²) in [5.41, 5.74) is 6.21. The first kappa shape index (κ1) is 11.8. The first-order chi connectivity index (χ1) is 7.20. The second-order valence-electron chi connectivity index (χ2n) is 2.88. The lowest BCUT2D eigenvalue weighted by Gasteiger charge is -2.16. The van der Waals surface area contributed by atoms with Crippen LogP contribution in [0.5, 0.6) is 0 Å². The topological polar surface area (TPSA) is 67.8 Å². The van der Waals surface area contributed by atoms with Crippen molar-refractivity contribution < 1.29 is 9.94 Å². The summed E-state index contributed by atoms with van der Waals surface area (Å²) in [5.74, 6) is -0.00931. The number of hydrogen-bond acceptors (Lipinski definition) is 3. The van der Waals surface area contributed by atoms with E-state index < -0.39 is 6.10 Å². The lowest BCUT2D eigenvalue weighted by Crippen LogP contribution is -2.24. The summed E-state index contributed by atoms with van der Waals surface area (Å²) < 4.78 is 5.36. The van der Waals surface area contributed by atoms with Gasteiger partial charge in [-0.3, -0.25) is 0 Å². The van der Waals surface area contributed by atoms with E-state index in [2.05, 4.69) is 5.16 Å². The van der Waals surface area contributed by atoms with Gasteiger partial charge in [0, 0.05) is 17.2 Å². The molecule has 0 aromatic heterocycles. The van der Waals surface area contributed by atoms with Gasteiger partial charge in [-0.15, -0.1) is 0 Å². The molecule has 1 aromatic carbocycles. The Labute approximate surface area is 93.3 Å². The average molecular weight is 229 g/mol. The van der Waals surface area contributed by atoms with E-state index in [1.165, 1.54) is 0 Å². The maximum absolute atomic E-state index is 8.62. The van der Waals surface area contributed by atoms with E-state index in [1.54, 1.807) is 18.2 Å². The van der Waals surface area contributed by atoms with E-state index in [0.717, 1.165) is 0 Å². The fourth-order valence-electron chi connectivity index (χ4n) is 1.24. The Kier molecular flexibility index (Phi) is 4.39. The number of benzene rings is 1. The zero-order valence-electron chi connectivity index (χ0n) is 8.35. The van der Waals surface area contributed by atoms with Crippen molar-refractivity contribution in [2.24, 2.45) is 10.9 Å². The molecule has 0 unspecified atom stereocenters. The fraction of sp³-hybridized carbons (Fsp3) is 0.300. The van der Waals surface area contributed by atoms with Gasteiger partial charge in [0.05, 0.1) is 0 Å². The van der Waals surface area contributed by atoms with Crippen molar-refractivity contribution in [2.45, 2.75) is 13.0 Å². The molecule has 0 spiro atoms. The van der Waals surface area contributed by atoms with Crippen molar-refractivity contribution in [1.29, 1.82) is 0 Å². The van der Waals surface area contributed by atoms with E-state index >= 15 is 0 Å². The summed E-state index contributed by atoms with van der Waals surface area (Å²) in [4.78, 5) is 0. The average Bonchev–Trinajstić information content (AvgIpc) is 2.26. The Morgan fingerprint density at radius 1 is 1.60 bits per heavy atom. The molecule has 0 amide bonds. The van der Waals surface area contributed by atoms with Crippen LogP contribution in [0.15, 0.2) is 29.4 Å². The lowest BCUT2D eigenvalue weighted by atomic mass is 10.1. The van der Waals surface area contributed by atoms with E-state index in [9.17, 15) is 0 Å². The molecule has 1 atom stereocenters. The van der Waals surface area contributed by atoms with Gasteiger partial charge in [-0.25, -0.2) is 0 Å². The van der Waals surface area contributed by atoms with Gasteiger partial charge in [0.1, 0.15) is 6.10 Å². The minimum absolute atomic E-state index is 0.00931. The Balaban J connectivity index is 3.04. The van der Waals surface area contributed by atoms with Gasteiger partial charge in [0.15, 0.2) is 5.84 Å². The maximum atomic E-state index is 8.62. The molecule has 15 heavy (non-hydrogen) atoms. The molecular weight excluding hydrogens is 216 g/mol. The number of rotatable bonds is 4. The number of halogens is 1. The van der Waals surface area contributed by atoms with Crippen molar-refractivity contribution in [2.75, 3.05) is 6.61 Å². The Hall–Kier alpha value is -1.26. The van der Waals surface area contributed by atoms with E-state index in [0.29, 0.717) is 17.2 Å². The monoisotopic (exact) mass is 228 g/mol. The van der Waals surface area contributed by atoms with E-state index in [-0.39, 0.29) is 5.84 Å². The van der Waals surface area contributed by atoms with Gasteiger partial charge in [0.2, 0.25) is 0 Å². The SMILES string of the molecule is CCO[C@@H](/C(N)=N\O)c1ccccc1Cl. The van der Waals surface area contributed by atoms with Gasteiger partial charge in [-0.05, 0) is 13.0 Å². The van der Waals surface area contributed by atoms with Gasteiger partial charge in [0.25, 0.3) is 0 Å². The minimum Gasteiger partial charge on any atom is -0.409 e. The molecule has 0 radical (unpaired) electrons. The van der Waals surface area contributed by atoms with Gasteiger partial charge in [-0.1, -0.05) is 35.0 Å². The lowest BCUT2D eigenvalue weighted by molar-refractivity contribution is 0.106. The number of nitrogens with two attached hydrogens (primary N) is 1. The number of nitrogens with zero attached hydrogens (tertiary/aromatic N) is 1. The fourth-order valence-corrected chi connectivity index (χ4v) is 1.48. The Bertz CT molecular complexity index is 355. The summed E-state index contributed by atoms with van der Waals surface area (Å²) >= 11 is 5.98. The molecular formula is C10H13ClN2O2. The third-order valence-electron chi connectivity index (χ3n) is 1.91. The van der Waals surface area contributed by atoms with E-state index in [4.69, 9.17) is 27.3 Å². The summed E-state index contributed by atoms with van der Waals surface area (Å²) in [6.45, 7) is 2.28. The predicted octanol–water partition coefficient (Wildman–Crippen LogP) is 2.16. The van der Waals surface area contributed by atoms with Crippen LogP contribution < -0.4 is 5.73 Å². The molecule has 0 aliphatic carbocycles. The number of oxime groups is 1. The van der Waals surface area contributed by atoms with Crippen LogP contribution in [0.25, 0.3) is 0 Å². The molecule has 3 N–H and O–H groups in total. The second-order valence-corrected chi connectivity index (χ2v) is 3.29. The molecule has 0 aliphatic rings. The van der Waals surface area contributed by atoms with Crippen LogP contribution in [-0.2, 0) is 4.74 Å². The second kappa shape index (κ2) is 5.58. The standard InChI is InChI=1S/C10H13ClN2O2/c1-2-15-9(10(12)13-14)7-5-3-4-6-8(7)11/h3-6,9,14H,2H2,1H3,(H2,12,13)/t9-/m1/s1. The van der Waals surface area contributed by atoms with Crippen molar-refractivity contribution in [3.8, 4) is 0 Å². The van der Waals surface area contributed by atoms with Crippen LogP contribution in [0, 0.1) is 0 Å². The van der Waals surface area contributed by atoms with E-state index in [1.807, 2.05) is 13.0 Å². The smallest absolute Gasteiger partial charge is 0.173 e. The molecule has 0 aliphatic heterocycles. The number of ether oxygens (including phenoxy) is 1. The highest BCUT2D eigenvalue weighted by atomic mass is 35.5. The van der Waals surface area contributed by atoms with Gasteiger partial charge in [-0.2, -0.15) is 0 Å². The molecule has 0 fully saturated rings. The van der Waals surface area contributed by atoms with Crippen molar-refractivity contribution >= 4 is 17.4 Å². The highest BCUT2D eigenvalue weighted by Gasteiger charge is 2.18. The largest absolute Gasteiger partial charge is 0.409 e. The molecule has 82 valence electrons.